The topological polar surface area (TPSA) is 64.5 Å². The molecule has 128 valence electrons. The first kappa shape index (κ1) is 16.5. The Morgan fingerprint density at radius 1 is 1.17 bits per heavy atom. The molecule has 0 aliphatic carbocycles. The number of ether oxygens (including phenoxy) is 3. The molecule has 24 heavy (non-hydrogen) atoms. The summed E-state index contributed by atoms with van der Waals surface area (Å²) >= 11 is 0. The third-order valence-corrected chi connectivity index (χ3v) is 3.70. The van der Waals surface area contributed by atoms with Crippen LogP contribution in [0.1, 0.15) is 0 Å². The van der Waals surface area contributed by atoms with Gasteiger partial charge in [-0.3, -0.25) is 0 Å². The Bertz CT molecular complexity index is 667. The van der Waals surface area contributed by atoms with Crippen LogP contribution in [0.25, 0.3) is 0 Å². The highest BCUT2D eigenvalue weighted by Gasteiger charge is 2.22. The first-order valence-corrected chi connectivity index (χ1v) is 7.98. The van der Waals surface area contributed by atoms with Gasteiger partial charge in [0.15, 0.2) is 29.2 Å². The lowest BCUT2D eigenvalue weighted by molar-refractivity contribution is -0.666. The number of halogens is 1. The zero-order valence-corrected chi connectivity index (χ0v) is 13.2. The van der Waals surface area contributed by atoms with Gasteiger partial charge in [0.1, 0.15) is 32.4 Å². The van der Waals surface area contributed by atoms with Gasteiger partial charge in [-0.1, -0.05) is 24.3 Å². The number of quaternary nitrogens is 1. The Morgan fingerprint density at radius 2 is 1.92 bits per heavy atom. The first-order chi connectivity index (χ1) is 11.7. The van der Waals surface area contributed by atoms with Gasteiger partial charge in [0.2, 0.25) is 0 Å². The Labute approximate surface area is 140 Å². The molecule has 0 aromatic heterocycles. The van der Waals surface area contributed by atoms with Crippen LogP contribution in [-0.4, -0.2) is 43.6 Å². The second kappa shape index (κ2) is 7.99. The third kappa shape index (κ3) is 4.37. The molecular formula is C18H21FNO4+. The number of para-hydroxylation sites is 3. The molecule has 0 saturated carbocycles. The van der Waals surface area contributed by atoms with Crippen molar-refractivity contribution in [2.45, 2.75) is 12.2 Å². The molecule has 0 fully saturated rings. The van der Waals surface area contributed by atoms with Gasteiger partial charge in [-0.05, 0) is 24.3 Å². The van der Waals surface area contributed by atoms with Crippen molar-refractivity contribution < 1.29 is 29.0 Å². The SMILES string of the molecule is O[C@H](C[NH2+]C[C@@H]1COc2ccccc2O1)COc1ccccc1F. The molecule has 0 spiro atoms. The molecule has 0 unspecified atom stereocenters. The average Bonchev–Trinajstić information content (AvgIpc) is 2.61. The lowest BCUT2D eigenvalue weighted by Crippen LogP contribution is -2.89. The summed E-state index contributed by atoms with van der Waals surface area (Å²) in [6, 6.07) is 13.7. The lowest BCUT2D eigenvalue weighted by Gasteiger charge is -2.25. The minimum Gasteiger partial charge on any atom is -0.488 e. The Balaban J connectivity index is 1.37. The van der Waals surface area contributed by atoms with Crippen molar-refractivity contribution in [3.8, 4) is 17.2 Å². The van der Waals surface area contributed by atoms with Gasteiger partial charge in [0.05, 0.1) is 0 Å². The van der Waals surface area contributed by atoms with E-state index >= 15 is 0 Å². The molecule has 3 N–H and O–H groups in total. The number of hydrogen-bond acceptors (Lipinski definition) is 4. The normalized spacial score (nSPS) is 17.3. The summed E-state index contributed by atoms with van der Waals surface area (Å²) in [7, 11) is 0. The van der Waals surface area contributed by atoms with Gasteiger partial charge in [-0.25, -0.2) is 4.39 Å². The molecule has 5 nitrogen and oxygen atoms in total. The molecule has 1 aliphatic heterocycles. The minimum atomic E-state index is -0.693. The van der Waals surface area contributed by atoms with E-state index in [0.29, 0.717) is 19.7 Å². The molecule has 0 radical (unpaired) electrons. The van der Waals surface area contributed by atoms with E-state index in [4.69, 9.17) is 14.2 Å². The van der Waals surface area contributed by atoms with Gasteiger partial charge < -0.3 is 24.6 Å². The van der Waals surface area contributed by atoms with Gasteiger partial charge in [-0.2, -0.15) is 0 Å². The highest BCUT2D eigenvalue weighted by atomic mass is 19.1. The van der Waals surface area contributed by atoms with Crippen molar-refractivity contribution in [1.82, 2.24) is 0 Å². The van der Waals surface area contributed by atoms with Crippen LogP contribution < -0.4 is 19.5 Å². The number of nitrogens with two attached hydrogens (primary N) is 1. The van der Waals surface area contributed by atoms with Crippen LogP contribution in [0.15, 0.2) is 48.5 Å². The zero-order valence-electron chi connectivity index (χ0n) is 13.2. The van der Waals surface area contributed by atoms with E-state index in [1.807, 2.05) is 29.6 Å². The summed E-state index contributed by atoms with van der Waals surface area (Å²) in [5, 5.41) is 11.9. The van der Waals surface area contributed by atoms with Gasteiger partial charge in [0.25, 0.3) is 0 Å². The predicted molar refractivity (Wildman–Crippen MR) is 85.9 cm³/mol. The smallest absolute Gasteiger partial charge is 0.181 e. The van der Waals surface area contributed by atoms with Crippen LogP contribution in [-0.2, 0) is 0 Å². The molecule has 6 heteroatoms. The predicted octanol–water partition coefficient (Wildman–Crippen LogP) is 0.969. The van der Waals surface area contributed by atoms with Crippen LogP contribution in [0.2, 0.25) is 0 Å². The van der Waals surface area contributed by atoms with E-state index in [1.54, 1.807) is 12.1 Å². The Hall–Kier alpha value is -2.31. The fourth-order valence-corrected chi connectivity index (χ4v) is 2.47. The third-order valence-electron chi connectivity index (χ3n) is 3.70. The standard InChI is InChI=1S/C18H20FNO4/c19-15-5-1-2-6-16(15)22-11-13(21)9-20-10-14-12-23-17-7-3-4-8-18(17)24-14/h1-8,13-14,20-21H,9-12H2/p+1/t13-,14-/m1/s1. The number of aliphatic hydroxyl groups is 1. The fraction of sp³-hybridized carbons (Fsp3) is 0.333. The second-order valence-electron chi connectivity index (χ2n) is 5.65. The second-order valence-corrected chi connectivity index (χ2v) is 5.65. The van der Waals surface area contributed by atoms with Crippen LogP contribution in [0, 0.1) is 5.82 Å². The highest BCUT2D eigenvalue weighted by Crippen LogP contribution is 2.30. The van der Waals surface area contributed by atoms with Crippen molar-refractivity contribution >= 4 is 0 Å². The minimum absolute atomic E-state index is 0.0439. The summed E-state index contributed by atoms with van der Waals surface area (Å²) in [6.45, 7) is 1.62. The van der Waals surface area contributed by atoms with E-state index < -0.39 is 11.9 Å². The summed E-state index contributed by atoms with van der Waals surface area (Å²) in [5.41, 5.74) is 0. The summed E-state index contributed by atoms with van der Waals surface area (Å²) < 4.78 is 30.2. The number of fused-ring (bicyclic) bond motifs is 1. The number of aliphatic hydroxyl groups excluding tert-OH is 1. The van der Waals surface area contributed by atoms with Crippen LogP contribution in [0.5, 0.6) is 17.2 Å². The van der Waals surface area contributed by atoms with Crippen molar-refractivity contribution in [3.63, 3.8) is 0 Å². The highest BCUT2D eigenvalue weighted by molar-refractivity contribution is 5.40. The molecule has 2 aromatic rings. The van der Waals surface area contributed by atoms with E-state index in [1.165, 1.54) is 12.1 Å². The maximum atomic E-state index is 13.4. The Morgan fingerprint density at radius 3 is 2.75 bits per heavy atom. The molecule has 0 amide bonds. The van der Waals surface area contributed by atoms with E-state index in [9.17, 15) is 9.50 Å². The number of hydrogen-bond donors (Lipinski definition) is 2. The van der Waals surface area contributed by atoms with E-state index in [-0.39, 0.29) is 18.5 Å². The zero-order chi connectivity index (χ0) is 16.8. The summed E-state index contributed by atoms with van der Waals surface area (Å²) in [4.78, 5) is 0. The molecular weight excluding hydrogens is 313 g/mol. The molecule has 0 saturated heterocycles. The lowest BCUT2D eigenvalue weighted by atomic mass is 10.2. The van der Waals surface area contributed by atoms with E-state index in [0.717, 1.165) is 11.5 Å². The molecule has 0 bridgehead atoms. The molecule has 1 aliphatic rings. The van der Waals surface area contributed by atoms with Gasteiger partial charge in [0, 0.05) is 0 Å². The first-order valence-electron chi connectivity index (χ1n) is 7.98. The van der Waals surface area contributed by atoms with Crippen molar-refractivity contribution in [2.24, 2.45) is 0 Å². The van der Waals surface area contributed by atoms with Gasteiger partial charge >= 0.3 is 0 Å². The summed E-state index contributed by atoms with van der Waals surface area (Å²) in [5.74, 6) is 1.22. The van der Waals surface area contributed by atoms with Crippen molar-refractivity contribution in [1.29, 1.82) is 0 Å². The fourth-order valence-electron chi connectivity index (χ4n) is 2.47. The molecule has 2 aromatic carbocycles. The molecule has 3 rings (SSSR count). The van der Waals surface area contributed by atoms with Crippen molar-refractivity contribution in [3.05, 3.63) is 54.3 Å². The molecule has 2 atom stereocenters. The van der Waals surface area contributed by atoms with Crippen LogP contribution >= 0.6 is 0 Å². The summed E-state index contributed by atoms with van der Waals surface area (Å²) in [6.07, 6.45) is -0.763. The number of rotatable bonds is 7. The maximum absolute atomic E-state index is 13.4. The monoisotopic (exact) mass is 334 g/mol. The van der Waals surface area contributed by atoms with Gasteiger partial charge in [-0.15, -0.1) is 0 Å². The van der Waals surface area contributed by atoms with Crippen LogP contribution in [0.3, 0.4) is 0 Å². The maximum Gasteiger partial charge on any atom is 0.181 e. The van der Waals surface area contributed by atoms with Crippen LogP contribution in [0.4, 0.5) is 4.39 Å². The largest absolute Gasteiger partial charge is 0.488 e. The average molecular weight is 334 g/mol. The Kier molecular flexibility index (Phi) is 5.51. The number of benzene rings is 2. The van der Waals surface area contributed by atoms with E-state index in [2.05, 4.69) is 0 Å². The van der Waals surface area contributed by atoms with Crippen molar-refractivity contribution in [2.75, 3.05) is 26.3 Å². The molecule has 1 heterocycles. The quantitative estimate of drug-likeness (QED) is 0.792.